The second kappa shape index (κ2) is 6.83. The molecule has 5 nitrogen and oxygen atoms in total. The first-order valence-electron chi connectivity index (χ1n) is 7.74. The molecule has 1 atom stereocenters. The van der Waals surface area contributed by atoms with Gasteiger partial charge < -0.3 is 5.32 Å². The minimum Gasteiger partial charge on any atom is -0.309 e. The van der Waals surface area contributed by atoms with E-state index in [1.54, 1.807) is 0 Å². The van der Waals surface area contributed by atoms with Crippen LogP contribution in [-0.4, -0.2) is 46.0 Å². The van der Waals surface area contributed by atoms with Gasteiger partial charge in [-0.2, -0.15) is 15.4 Å². The van der Waals surface area contributed by atoms with Gasteiger partial charge in [-0.05, 0) is 32.9 Å². The van der Waals surface area contributed by atoms with E-state index in [1.165, 1.54) is 25.9 Å². The fraction of sp³-hybridized carbons (Fsp3) is 0.500. The highest BCUT2D eigenvalue weighted by atomic mass is 15.3. The van der Waals surface area contributed by atoms with Crippen molar-refractivity contribution in [3.05, 3.63) is 36.0 Å². The summed E-state index contributed by atoms with van der Waals surface area (Å²) in [5.74, 6) is 0. The predicted molar refractivity (Wildman–Crippen MR) is 83.8 cm³/mol. The van der Waals surface area contributed by atoms with Crippen LogP contribution in [0.2, 0.25) is 0 Å². The van der Waals surface area contributed by atoms with Gasteiger partial charge in [-0.1, -0.05) is 30.3 Å². The number of hydrogen-bond donors (Lipinski definition) is 2. The Hall–Kier alpha value is -1.72. The molecule has 1 aromatic heterocycles. The number of H-pyrrole nitrogens is 1. The van der Waals surface area contributed by atoms with Crippen molar-refractivity contribution < 1.29 is 0 Å². The average Bonchev–Trinajstić information content (AvgIpc) is 3.20. The summed E-state index contributed by atoms with van der Waals surface area (Å²) in [7, 11) is 0. The molecule has 21 heavy (non-hydrogen) atoms. The maximum Gasteiger partial charge on any atom is 0.117 e. The zero-order chi connectivity index (χ0) is 14.5. The molecule has 2 aromatic rings. The molecule has 0 aliphatic carbocycles. The lowest BCUT2D eigenvalue weighted by Gasteiger charge is -2.23. The number of rotatable bonds is 6. The fourth-order valence-electron chi connectivity index (χ4n) is 2.91. The van der Waals surface area contributed by atoms with Crippen LogP contribution in [0.25, 0.3) is 11.3 Å². The SMILES string of the molecule is CC(CNCc1n[nH]nc1-c1ccccc1)N1CCCC1. The highest BCUT2D eigenvalue weighted by Crippen LogP contribution is 2.18. The summed E-state index contributed by atoms with van der Waals surface area (Å²) in [4.78, 5) is 2.55. The van der Waals surface area contributed by atoms with Crippen molar-refractivity contribution in [3.8, 4) is 11.3 Å². The van der Waals surface area contributed by atoms with Gasteiger partial charge in [-0.3, -0.25) is 4.90 Å². The fourth-order valence-corrected chi connectivity index (χ4v) is 2.91. The van der Waals surface area contributed by atoms with Gasteiger partial charge in [0.1, 0.15) is 11.4 Å². The van der Waals surface area contributed by atoms with Crippen molar-refractivity contribution >= 4 is 0 Å². The van der Waals surface area contributed by atoms with Crippen molar-refractivity contribution in [1.29, 1.82) is 0 Å². The Morgan fingerprint density at radius 3 is 2.71 bits per heavy atom. The van der Waals surface area contributed by atoms with Gasteiger partial charge in [0, 0.05) is 24.7 Å². The Balaban J connectivity index is 1.55. The summed E-state index contributed by atoms with van der Waals surface area (Å²) >= 11 is 0. The van der Waals surface area contributed by atoms with Crippen molar-refractivity contribution in [2.75, 3.05) is 19.6 Å². The summed E-state index contributed by atoms with van der Waals surface area (Å²) in [6, 6.07) is 10.8. The first-order chi connectivity index (χ1) is 10.3. The van der Waals surface area contributed by atoms with Crippen LogP contribution in [0.1, 0.15) is 25.5 Å². The maximum absolute atomic E-state index is 4.28. The van der Waals surface area contributed by atoms with E-state index in [0.717, 1.165) is 30.0 Å². The van der Waals surface area contributed by atoms with E-state index < -0.39 is 0 Å². The van der Waals surface area contributed by atoms with Gasteiger partial charge >= 0.3 is 0 Å². The second-order valence-corrected chi connectivity index (χ2v) is 5.71. The number of likely N-dealkylation sites (tertiary alicyclic amines) is 1. The van der Waals surface area contributed by atoms with Gasteiger partial charge in [0.25, 0.3) is 0 Å². The number of nitrogens with zero attached hydrogens (tertiary/aromatic N) is 3. The van der Waals surface area contributed by atoms with Crippen LogP contribution in [0.15, 0.2) is 30.3 Å². The van der Waals surface area contributed by atoms with Crippen LogP contribution in [0.3, 0.4) is 0 Å². The molecule has 1 unspecified atom stereocenters. The van der Waals surface area contributed by atoms with E-state index in [1.807, 2.05) is 18.2 Å². The van der Waals surface area contributed by atoms with Crippen molar-refractivity contribution in [2.24, 2.45) is 0 Å². The van der Waals surface area contributed by atoms with Gasteiger partial charge in [-0.15, -0.1) is 0 Å². The van der Waals surface area contributed by atoms with Crippen LogP contribution < -0.4 is 5.32 Å². The third-order valence-electron chi connectivity index (χ3n) is 4.16. The highest BCUT2D eigenvalue weighted by molar-refractivity contribution is 5.60. The summed E-state index contributed by atoms with van der Waals surface area (Å²) < 4.78 is 0. The van der Waals surface area contributed by atoms with E-state index >= 15 is 0 Å². The first-order valence-corrected chi connectivity index (χ1v) is 7.74. The number of hydrogen-bond acceptors (Lipinski definition) is 4. The Kier molecular flexibility index (Phi) is 4.62. The average molecular weight is 285 g/mol. The molecule has 1 fully saturated rings. The Labute approximate surface area is 125 Å². The maximum atomic E-state index is 4.28. The molecule has 1 aromatic carbocycles. The quantitative estimate of drug-likeness (QED) is 0.853. The number of aromatic nitrogens is 3. The standard InChI is InChI=1S/C16H23N5/c1-13(21-9-5-6-10-21)11-17-12-15-16(19-20-18-15)14-7-3-2-4-8-14/h2-4,7-8,13,17H,5-6,9-12H2,1H3,(H,18,19,20). The highest BCUT2D eigenvalue weighted by Gasteiger charge is 2.18. The first kappa shape index (κ1) is 14.2. The third kappa shape index (κ3) is 3.49. The topological polar surface area (TPSA) is 56.8 Å². The second-order valence-electron chi connectivity index (χ2n) is 5.71. The molecule has 2 heterocycles. The number of benzene rings is 1. The van der Waals surface area contributed by atoms with Crippen LogP contribution in [0, 0.1) is 0 Å². The lowest BCUT2D eigenvalue weighted by molar-refractivity contribution is 0.251. The predicted octanol–water partition coefficient (Wildman–Crippen LogP) is 2.05. The molecule has 1 aliphatic heterocycles. The molecular weight excluding hydrogens is 262 g/mol. The van der Waals surface area contributed by atoms with E-state index in [4.69, 9.17) is 0 Å². The van der Waals surface area contributed by atoms with E-state index in [2.05, 4.69) is 44.7 Å². The van der Waals surface area contributed by atoms with E-state index in [-0.39, 0.29) is 0 Å². The molecule has 0 saturated carbocycles. The van der Waals surface area contributed by atoms with Crippen molar-refractivity contribution in [1.82, 2.24) is 25.6 Å². The van der Waals surface area contributed by atoms with Crippen molar-refractivity contribution in [2.45, 2.75) is 32.4 Å². The zero-order valence-corrected chi connectivity index (χ0v) is 12.5. The summed E-state index contributed by atoms with van der Waals surface area (Å²) in [6.07, 6.45) is 2.68. The molecular formula is C16H23N5. The molecule has 5 heteroatoms. The van der Waals surface area contributed by atoms with E-state index in [9.17, 15) is 0 Å². The minimum absolute atomic E-state index is 0.583. The molecule has 3 rings (SSSR count). The Morgan fingerprint density at radius 2 is 1.95 bits per heavy atom. The molecule has 0 spiro atoms. The van der Waals surface area contributed by atoms with Gasteiger partial charge in [0.15, 0.2) is 0 Å². The third-order valence-corrected chi connectivity index (χ3v) is 4.16. The summed E-state index contributed by atoms with van der Waals surface area (Å²) in [5, 5.41) is 14.8. The lowest BCUT2D eigenvalue weighted by Crippen LogP contribution is -2.38. The molecule has 0 bridgehead atoms. The summed E-state index contributed by atoms with van der Waals surface area (Å²) in [5.41, 5.74) is 3.03. The van der Waals surface area contributed by atoms with Crippen LogP contribution in [0.5, 0.6) is 0 Å². The lowest BCUT2D eigenvalue weighted by atomic mass is 10.1. The number of nitrogens with one attached hydrogen (secondary N) is 2. The van der Waals surface area contributed by atoms with Crippen LogP contribution >= 0.6 is 0 Å². The minimum atomic E-state index is 0.583. The Morgan fingerprint density at radius 1 is 1.19 bits per heavy atom. The number of aromatic amines is 1. The summed E-state index contributed by atoms with van der Waals surface area (Å²) in [6.45, 7) is 6.50. The van der Waals surface area contributed by atoms with Gasteiger partial charge in [0.2, 0.25) is 0 Å². The van der Waals surface area contributed by atoms with Crippen molar-refractivity contribution in [3.63, 3.8) is 0 Å². The monoisotopic (exact) mass is 285 g/mol. The molecule has 1 aliphatic rings. The van der Waals surface area contributed by atoms with Gasteiger partial charge in [-0.25, -0.2) is 0 Å². The molecule has 0 radical (unpaired) electrons. The zero-order valence-electron chi connectivity index (χ0n) is 12.5. The smallest absolute Gasteiger partial charge is 0.117 e. The normalized spacial score (nSPS) is 17.2. The largest absolute Gasteiger partial charge is 0.309 e. The van der Waals surface area contributed by atoms with E-state index in [0.29, 0.717) is 6.04 Å². The molecule has 2 N–H and O–H groups in total. The Bertz CT molecular complexity index is 545. The molecule has 0 amide bonds. The van der Waals surface area contributed by atoms with Crippen LogP contribution in [0.4, 0.5) is 0 Å². The van der Waals surface area contributed by atoms with Crippen LogP contribution in [-0.2, 0) is 6.54 Å². The molecule has 1 saturated heterocycles. The van der Waals surface area contributed by atoms with Gasteiger partial charge in [0.05, 0.1) is 0 Å². The molecule has 112 valence electrons.